The highest BCUT2D eigenvalue weighted by Crippen LogP contribution is 1.70. The predicted octanol–water partition coefficient (Wildman–Crippen LogP) is -0.0745. The first-order valence-electron chi connectivity index (χ1n) is 1.86. The van der Waals surface area contributed by atoms with Gasteiger partial charge >= 0.3 is 6.03 Å². The molecule has 0 fully saturated rings. The molecule has 0 saturated heterocycles. The predicted molar refractivity (Wildman–Crippen MR) is 24.3 cm³/mol. The molecule has 1 aliphatic rings. The Kier molecular flexibility index (Phi) is 0.845. The fraction of sp³-hybridized carbons (Fsp3) is 0. The molecule has 0 bridgehead atoms. The summed E-state index contributed by atoms with van der Waals surface area (Å²) >= 11 is 0. The Hall–Kier alpha value is -1.21. The number of urea groups is 1. The van der Waals surface area contributed by atoms with Crippen LogP contribution in [0.5, 0.6) is 0 Å². The van der Waals surface area contributed by atoms with Crippen molar-refractivity contribution >= 4 is 6.03 Å². The molecule has 7 heavy (non-hydrogen) atoms. The van der Waals surface area contributed by atoms with Crippen molar-refractivity contribution in [2.75, 3.05) is 0 Å². The third-order valence-corrected chi connectivity index (χ3v) is 0.573. The van der Waals surface area contributed by atoms with Gasteiger partial charge in [0.1, 0.15) is 0 Å². The topological polar surface area (TPSA) is 41.1 Å². The van der Waals surface area contributed by atoms with E-state index in [4.69, 9.17) is 0 Å². The summed E-state index contributed by atoms with van der Waals surface area (Å²) in [6.07, 6.45) is 2.89. The number of carbonyl (C=O) groups excluding carboxylic acids is 1. The monoisotopic (exact) mass is 96.0 g/mol. The molecular formula is C4H4N2O. The van der Waals surface area contributed by atoms with Gasteiger partial charge in [-0.2, -0.15) is 0 Å². The SMILES string of the molecule is O=C1NC=C=CN1. The number of amides is 2. The van der Waals surface area contributed by atoms with Gasteiger partial charge in [-0.05, 0) is 0 Å². The van der Waals surface area contributed by atoms with E-state index in [0.29, 0.717) is 0 Å². The standard InChI is InChI=1S/C4H4N2O/c7-4-5-2-1-3-6-4/h2-3H,(H2,5,6,7). The number of hydrogen-bond donors (Lipinski definition) is 2. The van der Waals surface area contributed by atoms with Gasteiger partial charge in [0.15, 0.2) is 0 Å². The van der Waals surface area contributed by atoms with Crippen LogP contribution in [-0.4, -0.2) is 6.03 Å². The summed E-state index contributed by atoms with van der Waals surface area (Å²) in [6, 6.07) is -0.209. The van der Waals surface area contributed by atoms with E-state index in [0.717, 1.165) is 0 Å². The van der Waals surface area contributed by atoms with E-state index in [9.17, 15) is 4.79 Å². The van der Waals surface area contributed by atoms with Gasteiger partial charge in [0.25, 0.3) is 0 Å². The van der Waals surface area contributed by atoms with E-state index in [1.165, 1.54) is 12.4 Å². The van der Waals surface area contributed by atoms with Gasteiger partial charge in [-0.1, -0.05) is 5.73 Å². The number of hydrogen-bond acceptors (Lipinski definition) is 1. The zero-order valence-corrected chi connectivity index (χ0v) is 3.56. The third kappa shape index (κ3) is 0.809. The Morgan fingerprint density at radius 2 is 2.00 bits per heavy atom. The van der Waals surface area contributed by atoms with E-state index in [1.54, 1.807) is 0 Å². The summed E-state index contributed by atoms with van der Waals surface area (Å²) in [7, 11) is 0. The lowest BCUT2D eigenvalue weighted by molar-refractivity contribution is 0.247. The summed E-state index contributed by atoms with van der Waals surface area (Å²) in [5.41, 5.74) is 2.62. The van der Waals surface area contributed by atoms with Crippen molar-refractivity contribution in [3.63, 3.8) is 0 Å². The second-order valence-corrected chi connectivity index (χ2v) is 1.07. The van der Waals surface area contributed by atoms with E-state index in [2.05, 4.69) is 16.4 Å². The molecule has 0 radical (unpaired) electrons. The molecule has 0 spiro atoms. The summed E-state index contributed by atoms with van der Waals surface area (Å²) in [6.45, 7) is 0. The molecule has 2 N–H and O–H groups in total. The van der Waals surface area contributed by atoms with Crippen molar-refractivity contribution in [1.82, 2.24) is 10.6 Å². The minimum Gasteiger partial charge on any atom is -0.307 e. The Labute approximate surface area is 40.7 Å². The van der Waals surface area contributed by atoms with Gasteiger partial charge in [0, 0.05) is 12.4 Å². The molecule has 1 heterocycles. The molecular weight excluding hydrogens is 92.1 g/mol. The third-order valence-electron chi connectivity index (χ3n) is 0.573. The minimum atomic E-state index is -0.209. The summed E-state index contributed by atoms with van der Waals surface area (Å²) in [4.78, 5) is 10.1. The lowest BCUT2D eigenvalue weighted by Gasteiger charge is -1.97. The minimum absolute atomic E-state index is 0.209. The molecule has 3 heteroatoms. The van der Waals surface area contributed by atoms with E-state index in [-0.39, 0.29) is 6.03 Å². The summed E-state index contributed by atoms with van der Waals surface area (Å²) < 4.78 is 0. The van der Waals surface area contributed by atoms with Crippen LogP contribution in [0.3, 0.4) is 0 Å². The molecule has 2 amide bonds. The molecule has 0 aromatic carbocycles. The molecule has 0 unspecified atom stereocenters. The van der Waals surface area contributed by atoms with Crippen LogP contribution in [0, 0.1) is 0 Å². The van der Waals surface area contributed by atoms with Gasteiger partial charge in [0.05, 0.1) is 0 Å². The van der Waals surface area contributed by atoms with Crippen molar-refractivity contribution in [2.24, 2.45) is 0 Å². The van der Waals surface area contributed by atoms with Crippen LogP contribution in [0.15, 0.2) is 18.1 Å². The Morgan fingerprint density at radius 1 is 1.43 bits per heavy atom. The first-order chi connectivity index (χ1) is 3.39. The van der Waals surface area contributed by atoms with Gasteiger partial charge in [-0.15, -0.1) is 0 Å². The van der Waals surface area contributed by atoms with Crippen molar-refractivity contribution in [3.05, 3.63) is 18.1 Å². The van der Waals surface area contributed by atoms with E-state index < -0.39 is 0 Å². The zero-order valence-electron chi connectivity index (χ0n) is 3.56. The fourth-order valence-electron chi connectivity index (χ4n) is 0.298. The summed E-state index contributed by atoms with van der Waals surface area (Å²) in [5.74, 6) is 0. The normalized spacial score (nSPS) is 15.7. The lowest BCUT2D eigenvalue weighted by Crippen LogP contribution is -2.29. The highest BCUT2D eigenvalue weighted by molar-refractivity contribution is 5.76. The van der Waals surface area contributed by atoms with Crippen molar-refractivity contribution < 1.29 is 4.79 Å². The molecule has 1 aliphatic heterocycles. The highest BCUT2D eigenvalue weighted by Gasteiger charge is 1.91. The molecule has 0 aromatic heterocycles. The Morgan fingerprint density at radius 3 is 2.29 bits per heavy atom. The van der Waals surface area contributed by atoms with Crippen LogP contribution in [0.2, 0.25) is 0 Å². The Balaban J connectivity index is 2.66. The van der Waals surface area contributed by atoms with Crippen LogP contribution in [-0.2, 0) is 0 Å². The summed E-state index contributed by atoms with van der Waals surface area (Å²) in [5, 5.41) is 4.73. The lowest BCUT2D eigenvalue weighted by atomic mass is 10.7. The molecule has 36 valence electrons. The number of carbonyl (C=O) groups is 1. The molecule has 0 atom stereocenters. The molecule has 3 nitrogen and oxygen atoms in total. The van der Waals surface area contributed by atoms with E-state index in [1.807, 2.05) is 0 Å². The molecule has 0 aliphatic carbocycles. The highest BCUT2D eigenvalue weighted by atomic mass is 16.2. The van der Waals surface area contributed by atoms with Gasteiger partial charge in [-0.3, -0.25) is 0 Å². The fourth-order valence-corrected chi connectivity index (χ4v) is 0.298. The Bertz CT molecular complexity index is 132. The largest absolute Gasteiger partial charge is 0.323 e. The molecule has 1 rings (SSSR count). The average molecular weight is 96.1 g/mol. The van der Waals surface area contributed by atoms with Gasteiger partial charge < -0.3 is 10.6 Å². The molecule has 0 saturated carbocycles. The number of nitrogens with one attached hydrogen (secondary N) is 2. The first kappa shape index (κ1) is 3.96. The average Bonchev–Trinajstić information content (AvgIpc) is 1.69. The van der Waals surface area contributed by atoms with Crippen molar-refractivity contribution in [2.45, 2.75) is 0 Å². The second-order valence-electron chi connectivity index (χ2n) is 1.07. The van der Waals surface area contributed by atoms with Crippen LogP contribution >= 0.6 is 0 Å². The van der Waals surface area contributed by atoms with Gasteiger partial charge in [-0.25, -0.2) is 4.79 Å². The van der Waals surface area contributed by atoms with Crippen molar-refractivity contribution in [1.29, 1.82) is 0 Å². The van der Waals surface area contributed by atoms with Crippen LogP contribution in [0.1, 0.15) is 0 Å². The van der Waals surface area contributed by atoms with Crippen LogP contribution < -0.4 is 10.6 Å². The zero-order chi connectivity index (χ0) is 5.11. The quantitative estimate of drug-likeness (QED) is 0.407. The van der Waals surface area contributed by atoms with Crippen molar-refractivity contribution in [3.8, 4) is 0 Å². The molecule has 0 aromatic rings. The maximum atomic E-state index is 10.1. The number of rotatable bonds is 0. The van der Waals surface area contributed by atoms with E-state index >= 15 is 0 Å². The van der Waals surface area contributed by atoms with Crippen LogP contribution in [0.25, 0.3) is 0 Å². The maximum Gasteiger partial charge on any atom is 0.323 e. The second kappa shape index (κ2) is 1.49. The van der Waals surface area contributed by atoms with Gasteiger partial charge in [0.2, 0.25) is 0 Å². The first-order valence-corrected chi connectivity index (χ1v) is 1.86. The smallest absolute Gasteiger partial charge is 0.307 e. The van der Waals surface area contributed by atoms with Crippen LogP contribution in [0.4, 0.5) is 4.79 Å². The maximum absolute atomic E-state index is 10.1.